The maximum Gasteiger partial charge on any atom is 0.264 e. The number of hydrogen-bond donors (Lipinski definition) is 0. The molecule has 0 saturated heterocycles. The lowest BCUT2D eigenvalue weighted by Gasteiger charge is -2.44. The Bertz CT molecular complexity index is 4170. The van der Waals surface area contributed by atoms with Gasteiger partial charge in [-0.3, -0.25) is 0 Å². The summed E-state index contributed by atoms with van der Waals surface area (Å²) < 4.78 is 2.72. The van der Waals surface area contributed by atoms with E-state index in [-0.39, 0.29) is 28.4 Å². The van der Waals surface area contributed by atoms with Gasteiger partial charge in [0.15, 0.2) is 0 Å². The molecule has 11 aromatic rings. The van der Waals surface area contributed by atoms with Gasteiger partial charge in [-0.2, -0.15) is 0 Å². The molecule has 2 aliphatic rings. The molecule has 0 amide bonds. The highest BCUT2D eigenvalue weighted by atomic mass is 32.1. The second-order valence-corrected chi connectivity index (χ2v) is 26.9. The van der Waals surface area contributed by atoms with Crippen molar-refractivity contribution in [3.63, 3.8) is 0 Å². The van der Waals surface area contributed by atoms with E-state index in [0.717, 1.165) is 6.42 Å². The first-order valence-electron chi connectivity index (χ1n) is 27.9. The van der Waals surface area contributed by atoms with Crippen molar-refractivity contribution in [2.45, 2.75) is 111 Å². The minimum Gasteiger partial charge on any atom is -0.311 e. The Morgan fingerprint density at radius 3 is 1.60 bits per heavy atom. The molecular weight excluding hydrogens is 948 g/mol. The summed E-state index contributed by atoms with van der Waals surface area (Å²) in [6.45, 7) is 28.1. The van der Waals surface area contributed by atoms with E-state index in [4.69, 9.17) is 0 Å². The molecule has 0 unspecified atom stereocenters. The highest BCUT2D eigenvalue weighted by Gasteiger charge is 2.46. The largest absolute Gasteiger partial charge is 0.311 e. The predicted molar refractivity (Wildman–Crippen MR) is 339 cm³/mol. The van der Waals surface area contributed by atoms with Crippen LogP contribution in [0.25, 0.3) is 64.7 Å². The zero-order valence-corrected chi connectivity index (χ0v) is 47.8. The van der Waals surface area contributed by atoms with E-state index in [1.165, 1.54) is 137 Å². The fourth-order valence-electron chi connectivity index (χ4n) is 12.5. The van der Waals surface area contributed by atoms with Gasteiger partial charge in [0, 0.05) is 43.2 Å². The van der Waals surface area contributed by atoms with Gasteiger partial charge in [0.25, 0.3) is 6.71 Å². The first-order chi connectivity index (χ1) is 36.8. The minimum atomic E-state index is -0.0714. The highest BCUT2D eigenvalue weighted by molar-refractivity contribution is 7.33. The normalized spacial score (nSPS) is 13.7. The minimum absolute atomic E-state index is 0.00561. The van der Waals surface area contributed by atoms with E-state index in [0.29, 0.717) is 0 Å². The van der Waals surface area contributed by atoms with Crippen LogP contribution >= 0.6 is 11.3 Å². The summed E-state index contributed by atoms with van der Waals surface area (Å²) in [4.78, 5) is 5.28. The Labute approximate surface area is 461 Å². The number of hydrogen-bond acceptors (Lipinski definition) is 3. The summed E-state index contributed by atoms with van der Waals surface area (Å²) >= 11 is 1.99. The van der Waals surface area contributed by atoms with Crippen molar-refractivity contribution < 1.29 is 0 Å². The average molecular weight is 1020 g/mol. The molecule has 2 nitrogen and oxygen atoms in total. The van der Waals surface area contributed by atoms with Gasteiger partial charge in [-0.25, -0.2) is 0 Å². The molecule has 0 fully saturated rings. The van der Waals surface area contributed by atoms with Crippen LogP contribution in [-0.4, -0.2) is 6.71 Å². The lowest BCUT2D eigenvalue weighted by Crippen LogP contribution is -2.60. The summed E-state index contributed by atoms with van der Waals surface area (Å²) in [5, 5.41) is 9.04. The molecule has 4 heteroatoms. The third kappa shape index (κ3) is 7.95. The predicted octanol–water partition coefficient (Wildman–Crippen LogP) is 19.4. The van der Waals surface area contributed by atoms with Gasteiger partial charge in [0.1, 0.15) is 0 Å². The van der Waals surface area contributed by atoms with E-state index >= 15 is 0 Å². The molecule has 77 heavy (non-hydrogen) atoms. The Balaban J connectivity index is 1.10. The van der Waals surface area contributed by atoms with Crippen molar-refractivity contribution in [1.29, 1.82) is 0 Å². The van der Waals surface area contributed by atoms with Gasteiger partial charge >= 0.3 is 0 Å². The molecule has 0 atom stereocenters. The molecule has 380 valence electrons. The number of fused-ring (bicyclic) bond motifs is 12. The fraction of sp³-hybridized carbons (Fsp3) is 0.233. The summed E-state index contributed by atoms with van der Waals surface area (Å²) in [7, 11) is 0. The van der Waals surface area contributed by atoms with Gasteiger partial charge in [-0.05, 0) is 171 Å². The molecular formula is C73H69BN2S. The molecule has 0 spiro atoms. The van der Waals surface area contributed by atoms with Crippen molar-refractivity contribution in [1.82, 2.24) is 0 Å². The molecule has 3 heterocycles. The Kier molecular flexibility index (Phi) is 11.2. The van der Waals surface area contributed by atoms with Gasteiger partial charge in [0.2, 0.25) is 0 Å². The van der Waals surface area contributed by atoms with E-state index < -0.39 is 0 Å². The molecule has 0 N–H and O–H groups in total. The third-order valence-corrected chi connectivity index (χ3v) is 18.7. The zero-order valence-electron chi connectivity index (χ0n) is 47.0. The van der Waals surface area contributed by atoms with Crippen LogP contribution in [0.1, 0.15) is 112 Å². The van der Waals surface area contributed by atoms with Crippen LogP contribution in [-0.2, 0) is 21.7 Å². The lowest BCUT2D eigenvalue weighted by molar-refractivity contribution is 0.506. The Morgan fingerprint density at radius 1 is 0.390 bits per heavy atom. The van der Waals surface area contributed by atoms with Crippen LogP contribution in [0.15, 0.2) is 188 Å². The Morgan fingerprint density at radius 2 is 0.935 bits per heavy atom. The maximum atomic E-state index is 2.64. The molecule has 1 aromatic heterocycles. The standard InChI is InChI=1S/C73H69BN2S/c1-13-73(11,12)51-33-37-63-61(44-51)74-67-64(75(68-60-43-50(72(8,9)10)34-38-66(60)77-69(68)74)52-24-19-22-46(40-52)45-21-18-23-48(39-45)70(2,3)4)29-20-30-65(67)76(63)62-36-32-49(71(5,6)7)42-58(62)47-31-35-57-55-27-15-14-25-53(55)54-26-16-17-28-56(54)59(57)41-47/h14-44H,13H2,1-12H3. The summed E-state index contributed by atoms with van der Waals surface area (Å²) in [5.74, 6) is 0. The van der Waals surface area contributed by atoms with E-state index in [1.807, 2.05) is 11.3 Å². The van der Waals surface area contributed by atoms with Gasteiger partial charge in [-0.1, -0.05) is 210 Å². The van der Waals surface area contributed by atoms with Crippen molar-refractivity contribution in [2.75, 3.05) is 9.80 Å². The van der Waals surface area contributed by atoms with Gasteiger partial charge in [0.05, 0.1) is 11.4 Å². The van der Waals surface area contributed by atoms with E-state index in [2.05, 4.69) is 281 Å². The highest BCUT2D eigenvalue weighted by Crippen LogP contribution is 2.51. The van der Waals surface area contributed by atoms with Crippen LogP contribution in [0.4, 0.5) is 34.1 Å². The molecule has 2 aliphatic heterocycles. The monoisotopic (exact) mass is 1020 g/mol. The van der Waals surface area contributed by atoms with Crippen molar-refractivity contribution in [2.24, 2.45) is 0 Å². The topological polar surface area (TPSA) is 6.48 Å². The van der Waals surface area contributed by atoms with E-state index in [1.54, 1.807) is 0 Å². The van der Waals surface area contributed by atoms with Crippen LogP contribution in [0.3, 0.4) is 0 Å². The first kappa shape index (κ1) is 49.2. The smallest absolute Gasteiger partial charge is 0.264 e. The zero-order chi connectivity index (χ0) is 53.5. The van der Waals surface area contributed by atoms with Gasteiger partial charge in [-0.15, -0.1) is 11.3 Å². The van der Waals surface area contributed by atoms with Crippen molar-refractivity contribution >= 4 is 110 Å². The van der Waals surface area contributed by atoms with Crippen LogP contribution in [0.2, 0.25) is 0 Å². The maximum absolute atomic E-state index is 2.64. The van der Waals surface area contributed by atoms with Crippen molar-refractivity contribution in [3.05, 3.63) is 210 Å². The van der Waals surface area contributed by atoms with Gasteiger partial charge < -0.3 is 9.80 Å². The summed E-state index contributed by atoms with van der Waals surface area (Å²) in [6.07, 6.45) is 1.04. The van der Waals surface area contributed by atoms with E-state index in [9.17, 15) is 0 Å². The van der Waals surface area contributed by atoms with Crippen LogP contribution < -0.4 is 25.5 Å². The second-order valence-electron chi connectivity index (χ2n) is 25.8. The Hall–Kier alpha value is -7.40. The second kappa shape index (κ2) is 17.6. The van der Waals surface area contributed by atoms with Crippen LogP contribution in [0, 0.1) is 0 Å². The fourth-order valence-corrected chi connectivity index (χ4v) is 13.8. The molecule has 0 aliphatic carbocycles. The number of benzene rings is 10. The van der Waals surface area contributed by atoms with Crippen molar-refractivity contribution in [3.8, 4) is 22.3 Å². The molecule has 0 saturated carbocycles. The first-order valence-corrected chi connectivity index (χ1v) is 28.7. The average Bonchev–Trinajstić information content (AvgIpc) is 3.82. The number of anilines is 6. The SMILES string of the molecule is CCC(C)(C)c1ccc2c(c1)B1c3sc4ccc(C(C)(C)C)cc4c3N(c3cccc(-c4cccc(C(C)(C)C)c4)c3)c3cccc(c31)N2c1ccc(C(C)(C)C)cc1-c1ccc2c3ccccc3c3ccccc3c2c1. The quantitative estimate of drug-likeness (QED) is 0.121. The molecule has 13 rings (SSSR count). The number of rotatable bonds is 6. The third-order valence-electron chi connectivity index (χ3n) is 17.4. The molecule has 0 bridgehead atoms. The van der Waals surface area contributed by atoms with Crippen LogP contribution in [0.5, 0.6) is 0 Å². The summed E-state index contributed by atoms with van der Waals surface area (Å²) in [6, 6.07) is 72.9. The molecule has 0 radical (unpaired) electrons. The summed E-state index contributed by atoms with van der Waals surface area (Å²) in [5.41, 5.74) is 20.3. The number of thiophene rings is 1. The molecule has 10 aromatic carbocycles. The number of nitrogens with zero attached hydrogens (tertiary/aromatic N) is 2. The lowest BCUT2D eigenvalue weighted by atomic mass is 9.36.